The van der Waals surface area contributed by atoms with Crippen molar-refractivity contribution in [1.29, 1.82) is 0 Å². The molecule has 2 aromatic carbocycles. The normalized spacial score (nSPS) is 16.0. The number of rotatable bonds is 6. The van der Waals surface area contributed by atoms with Crippen molar-refractivity contribution in [2.75, 3.05) is 14.2 Å². The summed E-state index contributed by atoms with van der Waals surface area (Å²) in [5.74, 6) is -1.33. The monoisotopic (exact) mass is 411 g/mol. The lowest BCUT2D eigenvalue weighted by atomic mass is 9.87. The Balaban J connectivity index is 1.75. The highest BCUT2D eigenvalue weighted by Crippen LogP contribution is 2.29. The molecule has 1 amide bonds. The van der Waals surface area contributed by atoms with Gasteiger partial charge in [-0.2, -0.15) is 0 Å². The van der Waals surface area contributed by atoms with Crippen LogP contribution in [0.1, 0.15) is 57.7 Å². The minimum atomic E-state index is -0.836. The van der Waals surface area contributed by atoms with Crippen molar-refractivity contribution < 1.29 is 28.6 Å². The molecule has 0 unspecified atom stereocenters. The summed E-state index contributed by atoms with van der Waals surface area (Å²) in [5, 5.41) is 3.04. The van der Waals surface area contributed by atoms with Gasteiger partial charge in [-0.3, -0.25) is 4.79 Å². The van der Waals surface area contributed by atoms with Crippen LogP contribution in [0, 0.1) is 0 Å². The van der Waals surface area contributed by atoms with Crippen LogP contribution in [0.15, 0.2) is 42.5 Å². The van der Waals surface area contributed by atoms with Crippen LogP contribution in [-0.4, -0.2) is 38.2 Å². The summed E-state index contributed by atoms with van der Waals surface area (Å²) >= 11 is 0. The van der Waals surface area contributed by atoms with Gasteiger partial charge in [0.25, 0.3) is 5.91 Å². The van der Waals surface area contributed by atoms with Crippen LogP contribution in [-0.2, 0) is 20.7 Å². The van der Waals surface area contributed by atoms with Crippen LogP contribution in [0.2, 0.25) is 0 Å². The molecule has 3 rings (SSSR count). The smallest absolute Gasteiger partial charge is 0.338 e. The molecule has 1 aliphatic rings. The van der Waals surface area contributed by atoms with Crippen LogP contribution in [0.25, 0.3) is 0 Å². The summed E-state index contributed by atoms with van der Waals surface area (Å²) in [6.45, 7) is 1.62. The first-order chi connectivity index (χ1) is 14.4. The van der Waals surface area contributed by atoms with E-state index >= 15 is 0 Å². The Morgan fingerprint density at radius 2 is 1.63 bits per heavy atom. The van der Waals surface area contributed by atoms with Crippen molar-refractivity contribution in [2.24, 2.45) is 0 Å². The zero-order valence-electron chi connectivity index (χ0n) is 17.3. The van der Waals surface area contributed by atoms with Gasteiger partial charge >= 0.3 is 11.9 Å². The molecule has 1 aliphatic carbocycles. The maximum atomic E-state index is 12.8. The van der Waals surface area contributed by atoms with Crippen molar-refractivity contribution in [3.05, 3.63) is 64.7 Å². The molecular weight excluding hydrogens is 386 g/mol. The van der Waals surface area contributed by atoms with Crippen LogP contribution in [0.5, 0.6) is 5.75 Å². The third-order valence-corrected chi connectivity index (χ3v) is 5.12. The average molecular weight is 411 g/mol. The van der Waals surface area contributed by atoms with Crippen LogP contribution < -0.4 is 10.1 Å². The molecular formula is C23H25NO6. The number of fused-ring (bicyclic) bond motifs is 1. The molecule has 2 atom stereocenters. The number of amides is 1. The Hall–Kier alpha value is -3.35. The Labute approximate surface area is 175 Å². The molecule has 158 valence electrons. The van der Waals surface area contributed by atoms with E-state index in [1.54, 1.807) is 6.92 Å². The number of ether oxygens (including phenoxy) is 3. The first-order valence-electron chi connectivity index (χ1n) is 9.79. The van der Waals surface area contributed by atoms with Gasteiger partial charge in [0.2, 0.25) is 0 Å². The van der Waals surface area contributed by atoms with E-state index in [0.29, 0.717) is 0 Å². The molecule has 0 saturated heterocycles. The van der Waals surface area contributed by atoms with E-state index in [4.69, 9.17) is 14.2 Å². The van der Waals surface area contributed by atoms with Crippen LogP contribution >= 0.6 is 0 Å². The van der Waals surface area contributed by atoms with Crippen molar-refractivity contribution in [3.8, 4) is 5.75 Å². The van der Waals surface area contributed by atoms with Gasteiger partial charge in [0.1, 0.15) is 5.75 Å². The molecule has 0 heterocycles. The second kappa shape index (κ2) is 9.43. The summed E-state index contributed by atoms with van der Waals surface area (Å²) in [5.41, 5.74) is 2.63. The predicted molar refractivity (Wildman–Crippen MR) is 109 cm³/mol. The SMILES string of the molecule is COC(=O)c1cc(O[C@H](C)C(=O)N[C@@H]2CCCc3ccccc32)cc(C(=O)OC)c1. The molecule has 0 radical (unpaired) electrons. The largest absolute Gasteiger partial charge is 0.481 e. The van der Waals surface area contributed by atoms with Gasteiger partial charge in [0.05, 0.1) is 31.4 Å². The fourth-order valence-corrected chi connectivity index (χ4v) is 3.59. The molecule has 7 heteroatoms. The molecule has 0 fully saturated rings. The number of carbonyl (C=O) groups excluding carboxylic acids is 3. The second-order valence-corrected chi connectivity index (χ2v) is 7.14. The van der Waals surface area contributed by atoms with Gasteiger partial charge in [0, 0.05) is 0 Å². The van der Waals surface area contributed by atoms with Crippen molar-refractivity contribution in [2.45, 2.75) is 38.3 Å². The molecule has 0 aliphatic heterocycles. The second-order valence-electron chi connectivity index (χ2n) is 7.14. The molecule has 0 saturated carbocycles. The maximum Gasteiger partial charge on any atom is 0.338 e. The van der Waals surface area contributed by atoms with Gasteiger partial charge in [-0.15, -0.1) is 0 Å². The Morgan fingerprint density at radius 3 is 2.27 bits per heavy atom. The summed E-state index contributed by atoms with van der Waals surface area (Å²) in [7, 11) is 2.48. The first-order valence-corrected chi connectivity index (χ1v) is 9.79. The van der Waals surface area contributed by atoms with Crippen molar-refractivity contribution >= 4 is 17.8 Å². The van der Waals surface area contributed by atoms with Gasteiger partial charge in [-0.05, 0) is 55.5 Å². The fraction of sp³-hybridized carbons (Fsp3) is 0.348. The Bertz CT molecular complexity index is 920. The summed E-state index contributed by atoms with van der Waals surface area (Å²) in [6.07, 6.45) is 2.03. The molecule has 30 heavy (non-hydrogen) atoms. The number of aryl methyl sites for hydroxylation is 1. The predicted octanol–water partition coefficient (Wildman–Crippen LogP) is 3.22. The standard InChI is InChI=1S/C23H25NO6/c1-14(21(25)24-20-10-6-8-15-7-4-5-9-19(15)20)30-18-12-16(22(26)28-2)11-17(13-18)23(27)29-3/h4-5,7,9,11-14,20H,6,8,10H2,1-3H3,(H,24,25)/t14-,20-/m1/s1. The van der Waals surface area contributed by atoms with E-state index in [1.165, 1.54) is 38.0 Å². The maximum absolute atomic E-state index is 12.8. The minimum absolute atomic E-state index is 0.0690. The van der Waals surface area contributed by atoms with E-state index < -0.39 is 18.0 Å². The number of carbonyl (C=O) groups is 3. The topological polar surface area (TPSA) is 90.9 Å². The van der Waals surface area contributed by atoms with E-state index in [0.717, 1.165) is 24.8 Å². The summed E-state index contributed by atoms with van der Waals surface area (Å²) in [4.78, 5) is 36.6. The van der Waals surface area contributed by atoms with Gasteiger partial charge in [-0.25, -0.2) is 9.59 Å². The molecule has 0 bridgehead atoms. The van der Waals surface area contributed by atoms with Crippen molar-refractivity contribution in [1.82, 2.24) is 5.32 Å². The van der Waals surface area contributed by atoms with E-state index in [1.807, 2.05) is 18.2 Å². The minimum Gasteiger partial charge on any atom is -0.481 e. The molecule has 2 aromatic rings. The molecule has 0 aromatic heterocycles. The van der Waals surface area contributed by atoms with Gasteiger partial charge in [0.15, 0.2) is 6.10 Å². The number of hydrogen-bond donors (Lipinski definition) is 1. The zero-order valence-corrected chi connectivity index (χ0v) is 17.3. The lowest BCUT2D eigenvalue weighted by molar-refractivity contribution is -0.128. The third-order valence-electron chi connectivity index (χ3n) is 5.12. The highest BCUT2D eigenvalue weighted by atomic mass is 16.5. The molecule has 0 spiro atoms. The highest BCUT2D eigenvalue weighted by molar-refractivity contribution is 5.96. The third kappa shape index (κ3) is 4.79. The zero-order chi connectivity index (χ0) is 21.7. The number of methoxy groups -OCH3 is 2. The Kier molecular flexibility index (Phi) is 6.72. The lowest BCUT2D eigenvalue weighted by Crippen LogP contribution is -2.39. The average Bonchev–Trinajstić information content (AvgIpc) is 2.77. The van der Waals surface area contributed by atoms with Crippen LogP contribution in [0.3, 0.4) is 0 Å². The number of esters is 2. The van der Waals surface area contributed by atoms with E-state index in [2.05, 4.69) is 11.4 Å². The highest BCUT2D eigenvalue weighted by Gasteiger charge is 2.25. The van der Waals surface area contributed by atoms with Gasteiger partial charge < -0.3 is 19.5 Å². The van der Waals surface area contributed by atoms with E-state index in [-0.39, 0.29) is 28.8 Å². The van der Waals surface area contributed by atoms with Crippen molar-refractivity contribution in [3.63, 3.8) is 0 Å². The summed E-state index contributed by atoms with van der Waals surface area (Å²) < 4.78 is 15.2. The number of hydrogen-bond acceptors (Lipinski definition) is 6. The Morgan fingerprint density at radius 1 is 1.00 bits per heavy atom. The first kappa shape index (κ1) is 21.4. The fourth-order valence-electron chi connectivity index (χ4n) is 3.59. The van der Waals surface area contributed by atoms with Gasteiger partial charge in [-0.1, -0.05) is 24.3 Å². The lowest BCUT2D eigenvalue weighted by Gasteiger charge is -2.27. The number of benzene rings is 2. The molecule has 1 N–H and O–H groups in total. The quantitative estimate of drug-likeness (QED) is 0.734. The number of nitrogens with one attached hydrogen (secondary N) is 1. The van der Waals surface area contributed by atoms with E-state index in [9.17, 15) is 14.4 Å². The van der Waals surface area contributed by atoms with Crippen LogP contribution in [0.4, 0.5) is 0 Å². The summed E-state index contributed by atoms with van der Waals surface area (Å²) in [6, 6.07) is 12.2. The molecule has 7 nitrogen and oxygen atoms in total.